The summed E-state index contributed by atoms with van der Waals surface area (Å²) >= 11 is 0. The van der Waals surface area contributed by atoms with Crippen molar-refractivity contribution in [2.45, 2.75) is 26.7 Å². The van der Waals surface area contributed by atoms with Crippen molar-refractivity contribution in [3.05, 3.63) is 59.8 Å². The molecule has 3 aromatic rings. The number of aryl methyl sites for hydroxylation is 1. The number of carboxylic acids is 1. The highest BCUT2D eigenvalue weighted by Crippen LogP contribution is 2.29. The predicted octanol–water partition coefficient (Wildman–Crippen LogP) is 4.28. The van der Waals surface area contributed by atoms with Crippen LogP contribution in [0.5, 0.6) is 11.5 Å². The predicted molar refractivity (Wildman–Crippen MR) is 106 cm³/mol. The molecule has 146 valence electrons. The van der Waals surface area contributed by atoms with Crippen molar-refractivity contribution >= 4 is 22.8 Å². The molecular formula is C22H23NO5. The SMILES string of the molecule is CCCCOc1ccc(C(=O)n2c(C)cc3c(OCC(=O)O)cccc32)cc1. The van der Waals surface area contributed by atoms with Gasteiger partial charge in [0.05, 0.1) is 12.1 Å². The zero-order valence-corrected chi connectivity index (χ0v) is 16.0. The summed E-state index contributed by atoms with van der Waals surface area (Å²) in [7, 11) is 0. The third-order valence-electron chi connectivity index (χ3n) is 4.41. The van der Waals surface area contributed by atoms with Gasteiger partial charge >= 0.3 is 5.97 Å². The van der Waals surface area contributed by atoms with Crippen molar-refractivity contribution in [2.75, 3.05) is 13.2 Å². The van der Waals surface area contributed by atoms with Crippen LogP contribution in [0.1, 0.15) is 35.8 Å². The molecule has 6 nitrogen and oxygen atoms in total. The molecule has 1 heterocycles. The molecule has 0 saturated carbocycles. The van der Waals surface area contributed by atoms with Gasteiger partial charge in [-0.3, -0.25) is 9.36 Å². The van der Waals surface area contributed by atoms with E-state index in [-0.39, 0.29) is 5.91 Å². The Morgan fingerprint density at radius 2 is 1.82 bits per heavy atom. The number of carbonyl (C=O) groups is 2. The van der Waals surface area contributed by atoms with Crippen molar-refractivity contribution in [3.63, 3.8) is 0 Å². The lowest BCUT2D eigenvalue weighted by atomic mass is 10.2. The van der Waals surface area contributed by atoms with E-state index in [1.54, 1.807) is 41.0 Å². The minimum absolute atomic E-state index is 0.164. The summed E-state index contributed by atoms with van der Waals surface area (Å²) in [5.41, 5.74) is 1.96. The molecule has 0 unspecified atom stereocenters. The summed E-state index contributed by atoms with van der Waals surface area (Å²) < 4.78 is 12.6. The van der Waals surface area contributed by atoms with Gasteiger partial charge < -0.3 is 14.6 Å². The molecule has 0 spiro atoms. The van der Waals surface area contributed by atoms with Crippen molar-refractivity contribution in [3.8, 4) is 11.5 Å². The van der Waals surface area contributed by atoms with E-state index < -0.39 is 12.6 Å². The Morgan fingerprint density at radius 1 is 1.07 bits per heavy atom. The van der Waals surface area contributed by atoms with Gasteiger partial charge in [0, 0.05) is 16.6 Å². The van der Waals surface area contributed by atoms with Gasteiger partial charge in [-0.1, -0.05) is 19.4 Å². The number of benzene rings is 2. The number of hydrogen-bond donors (Lipinski definition) is 1. The summed E-state index contributed by atoms with van der Waals surface area (Å²) in [4.78, 5) is 23.9. The molecular weight excluding hydrogens is 358 g/mol. The van der Waals surface area contributed by atoms with E-state index in [9.17, 15) is 9.59 Å². The number of rotatable bonds is 8. The van der Waals surface area contributed by atoms with Gasteiger partial charge in [-0.2, -0.15) is 0 Å². The topological polar surface area (TPSA) is 77.8 Å². The van der Waals surface area contributed by atoms with Gasteiger partial charge in [-0.05, 0) is 55.8 Å². The highest BCUT2D eigenvalue weighted by molar-refractivity contribution is 6.04. The standard InChI is InChI=1S/C22H23NO5/c1-3-4-12-27-17-10-8-16(9-11-17)22(26)23-15(2)13-18-19(23)6-5-7-20(18)28-14-21(24)25/h5-11,13H,3-4,12,14H2,1-2H3,(H,24,25). The molecule has 28 heavy (non-hydrogen) atoms. The smallest absolute Gasteiger partial charge is 0.341 e. The molecule has 0 saturated heterocycles. The van der Waals surface area contributed by atoms with Gasteiger partial charge in [0.1, 0.15) is 11.5 Å². The normalized spacial score (nSPS) is 10.8. The number of nitrogens with zero attached hydrogens (tertiary/aromatic N) is 1. The highest BCUT2D eigenvalue weighted by Gasteiger charge is 2.17. The molecule has 0 aliphatic heterocycles. The molecule has 1 N–H and O–H groups in total. The van der Waals surface area contributed by atoms with Crippen LogP contribution in [-0.2, 0) is 4.79 Å². The number of carboxylic acid groups (broad SMARTS) is 1. The summed E-state index contributed by atoms with van der Waals surface area (Å²) in [6.45, 7) is 4.16. The van der Waals surface area contributed by atoms with E-state index in [2.05, 4.69) is 6.92 Å². The van der Waals surface area contributed by atoms with Crippen molar-refractivity contribution in [1.82, 2.24) is 4.57 Å². The van der Waals surface area contributed by atoms with E-state index in [1.807, 2.05) is 19.1 Å². The fourth-order valence-corrected chi connectivity index (χ4v) is 3.03. The van der Waals surface area contributed by atoms with Crippen LogP contribution < -0.4 is 9.47 Å². The van der Waals surface area contributed by atoms with Crippen LogP contribution >= 0.6 is 0 Å². The molecule has 0 atom stereocenters. The number of aliphatic carboxylic acids is 1. The fraction of sp³-hybridized carbons (Fsp3) is 0.273. The van der Waals surface area contributed by atoms with Gasteiger partial charge in [-0.25, -0.2) is 4.79 Å². The molecule has 0 aliphatic carbocycles. The molecule has 2 aromatic carbocycles. The monoisotopic (exact) mass is 381 g/mol. The maximum atomic E-state index is 13.1. The van der Waals surface area contributed by atoms with Crippen molar-refractivity contribution in [2.24, 2.45) is 0 Å². The van der Waals surface area contributed by atoms with Crippen LogP contribution in [0.2, 0.25) is 0 Å². The quantitative estimate of drug-likeness (QED) is 0.589. The Balaban J connectivity index is 1.88. The molecule has 6 heteroatoms. The first kappa shape index (κ1) is 19.5. The Kier molecular flexibility index (Phi) is 5.99. The molecule has 0 aliphatic rings. The van der Waals surface area contributed by atoms with Crippen LogP contribution in [0.25, 0.3) is 10.9 Å². The van der Waals surface area contributed by atoms with Crippen molar-refractivity contribution in [1.29, 1.82) is 0 Å². The van der Waals surface area contributed by atoms with Gasteiger partial charge in [0.25, 0.3) is 5.91 Å². The van der Waals surface area contributed by atoms with Gasteiger partial charge in [0.2, 0.25) is 0 Å². The van der Waals surface area contributed by atoms with E-state index in [1.165, 1.54) is 0 Å². The Bertz CT molecular complexity index is 988. The van der Waals surface area contributed by atoms with Crippen LogP contribution in [0.3, 0.4) is 0 Å². The maximum absolute atomic E-state index is 13.1. The number of fused-ring (bicyclic) bond motifs is 1. The summed E-state index contributed by atoms with van der Waals surface area (Å²) in [5.74, 6) is -0.0360. The number of aromatic nitrogens is 1. The largest absolute Gasteiger partial charge is 0.494 e. The Morgan fingerprint density at radius 3 is 2.50 bits per heavy atom. The third-order valence-corrected chi connectivity index (χ3v) is 4.41. The van der Waals surface area contributed by atoms with Crippen LogP contribution in [0.4, 0.5) is 0 Å². The Hall–Kier alpha value is -3.28. The first-order valence-electron chi connectivity index (χ1n) is 9.24. The lowest BCUT2D eigenvalue weighted by molar-refractivity contribution is -0.139. The second kappa shape index (κ2) is 8.61. The third kappa shape index (κ3) is 4.17. The molecule has 0 radical (unpaired) electrons. The highest BCUT2D eigenvalue weighted by atomic mass is 16.5. The minimum atomic E-state index is -1.05. The molecule has 0 bridgehead atoms. The van der Waals surface area contributed by atoms with Crippen LogP contribution in [-0.4, -0.2) is 34.8 Å². The van der Waals surface area contributed by atoms with E-state index in [0.29, 0.717) is 28.8 Å². The zero-order valence-electron chi connectivity index (χ0n) is 16.0. The summed E-state index contributed by atoms with van der Waals surface area (Å²) in [6.07, 6.45) is 2.05. The molecule has 0 fully saturated rings. The molecule has 3 rings (SSSR count). The van der Waals surface area contributed by atoms with E-state index >= 15 is 0 Å². The number of ether oxygens (including phenoxy) is 2. The van der Waals surface area contributed by atoms with Crippen LogP contribution in [0.15, 0.2) is 48.5 Å². The second-order valence-corrected chi connectivity index (χ2v) is 6.52. The minimum Gasteiger partial charge on any atom is -0.494 e. The average molecular weight is 381 g/mol. The second-order valence-electron chi connectivity index (χ2n) is 6.52. The lowest BCUT2D eigenvalue weighted by Gasteiger charge is -2.10. The first-order chi connectivity index (χ1) is 13.5. The van der Waals surface area contributed by atoms with E-state index in [4.69, 9.17) is 14.6 Å². The van der Waals surface area contributed by atoms with E-state index in [0.717, 1.165) is 24.3 Å². The van der Waals surface area contributed by atoms with Gasteiger partial charge in [0.15, 0.2) is 6.61 Å². The first-order valence-corrected chi connectivity index (χ1v) is 9.24. The lowest BCUT2D eigenvalue weighted by Crippen LogP contribution is -2.13. The maximum Gasteiger partial charge on any atom is 0.341 e. The average Bonchev–Trinajstić information content (AvgIpc) is 3.03. The van der Waals surface area contributed by atoms with Crippen LogP contribution in [0, 0.1) is 6.92 Å². The summed E-state index contributed by atoms with van der Waals surface area (Å²) in [6, 6.07) is 14.2. The molecule has 0 amide bonds. The van der Waals surface area contributed by atoms with Crippen molar-refractivity contribution < 1.29 is 24.2 Å². The number of hydrogen-bond acceptors (Lipinski definition) is 4. The Labute approximate surface area is 163 Å². The molecule has 1 aromatic heterocycles. The number of unbranched alkanes of at least 4 members (excludes halogenated alkanes) is 1. The number of carbonyl (C=O) groups excluding carboxylic acids is 1. The zero-order chi connectivity index (χ0) is 20.1. The fourth-order valence-electron chi connectivity index (χ4n) is 3.03. The van der Waals surface area contributed by atoms with Gasteiger partial charge in [-0.15, -0.1) is 0 Å². The summed E-state index contributed by atoms with van der Waals surface area (Å²) in [5, 5.41) is 9.54.